The van der Waals surface area contributed by atoms with Crippen LogP contribution in [0.15, 0.2) is 60.8 Å². The van der Waals surface area contributed by atoms with Crippen molar-refractivity contribution in [2.24, 2.45) is 5.92 Å². The van der Waals surface area contributed by atoms with Gasteiger partial charge in [-0.05, 0) is 95.3 Å². The maximum atomic E-state index is 13.7. The van der Waals surface area contributed by atoms with Crippen LogP contribution in [0.3, 0.4) is 0 Å². The molecule has 0 saturated heterocycles. The molecule has 0 spiro atoms. The zero-order valence-corrected chi connectivity index (χ0v) is 23.6. The first kappa shape index (κ1) is 28.5. The van der Waals surface area contributed by atoms with Crippen molar-refractivity contribution in [1.82, 2.24) is 14.9 Å². The van der Waals surface area contributed by atoms with Gasteiger partial charge in [-0.15, -0.1) is 0 Å². The number of hydrogen-bond donors (Lipinski definition) is 0. The molecule has 2 aromatic carbocycles. The van der Waals surface area contributed by atoms with E-state index in [4.69, 9.17) is 0 Å². The van der Waals surface area contributed by atoms with Gasteiger partial charge in [0, 0.05) is 18.4 Å². The molecule has 1 aromatic heterocycles. The van der Waals surface area contributed by atoms with E-state index in [1.54, 1.807) is 6.20 Å². The van der Waals surface area contributed by atoms with E-state index in [2.05, 4.69) is 97.4 Å². The Kier molecular flexibility index (Phi) is 10.8. The molecule has 1 heterocycles. The summed E-state index contributed by atoms with van der Waals surface area (Å²) < 4.78 is 0. The normalized spacial score (nSPS) is 12.9. The van der Waals surface area contributed by atoms with E-state index in [0.717, 1.165) is 50.0 Å². The Bertz CT molecular complexity index is 1130. The Balaban J connectivity index is 1.83. The Morgan fingerprint density at radius 2 is 1.70 bits per heavy atom. The molecule has 0 N–H and O–H groups in total. The summed E-state index contributed by atoms with van der Waals surface area (Å²) in [6.45, 7) is 9.94. The molecule has 198 valence electrons. The number of rotatable bonds is 13. The van der Waals surface area contributed by atoms with Crippen LogP contribution in [0.25, 0.3) is 0 Å². The predicted octanol–water partition coefficient (Wildman–Crippen LogP) is 6.84. The van der Waals surface area contributed by atoms with Crippen molar-refractivity contribution >= 4 is 11.6 Å². The fraction of sp³-hybridized carbons (Fsp3) is 0.469. The number of anilines is 1. The summed E-state index contributed by atoms with van der Waals surface area (Å²) in [5, 5.41) is 0. The van der Waals surface area contributed by atoms with Crippen LogP contribution in [0, 0.1) is 19.8 Å². The van der Waals surface area contributed by atoms with Crippen LogP contribution in [-0.2, 0) is 6.42 Å². The van der Waals surface area contributed by atoms with E-state index in [9.17, 15) is 4.79 Å². The zero-order valence-electron chi connectivity index (χ0n) is 23.6. The van der Waals surface area contributed by atoms with E-state index >= 15 is 0 Å². The minimum Gasteiger partial charge on any atom is -0.309 e. The van der Waals surface area contributed by atoms with Gasteiger partial charge < -0.3 is 9.80 Å². The third kappa shape index (κ3) is 8.50. The van der Waals surface area contributed by atoms with Crippen molar-refractivity contribution in [1.29, 1.82) is 0 Å². The van der Waals surface area contributed by atoms with Gasteiger partial charge in [-0.3, -0.25) is 4.79 Å². The minimum absolute atomic E-state index is 0.0221. The summed E-state index contributed by atoms with van der Waals surface area (Å²) in [5.74, 6) is 1.72. The lowest BCUT2D eigenvalue weighted by Crippen LogP contribution is -2.33. The number of carbonyl (C=O) groups is 1. The topological polar surface area (TPSA) is 49.3 Å². The van der Waals surface area contributed by atoms with Crippen molar-refractivity contribution < 1.29 is 4.79 Å². The molecular formula is C32H44N4O. The monoisotopic (exact) mass is 500 g/mol. The largest absolute Gasteiger partial charge is 0.309 e. The Morgan fingerprint density at radius 3 is 2.38 bits per heavy atom. The third-order valence-corrected chi connectivity index (χ3v) is 7.32. The highest BCUT2D eigenvalue weighted by atomic mass is 16.2. The first-order valence-electron chi connectivity index (χ1n) is 13.7. The predicted molar refractivity (Wildman–Crippen MR) is 154 cm³/mol. The molecule has 0 saturated carbocycles. The molecule has 2 unspecified atom stereocenters. The summed E-state index contributed by atoms with van der Waals surface area (Å²) in [4.78, 5) is 26.7. The fourth-order valence-corrected chi connectivity index (χ4v) is 4.68. The first-order chi connectivity index (χ1) is 17.8. The fourth-order valence-electron chi connectivity index (χ4n) is 4.68. The van der Waals surface area contributed by atoms with Crippen LogP contribution in [0.4, 0.5) is 5.69 Å². The number of hydrogen-bond acceptors (Lipinski definition) is 4. The quantitative estimate of drug-likeness (QED) is 0.258. The second-order valence-corrected chi connectivity index (χ2v) is 10.6. The summed E-state index contributed by atoms with van der Waals surface area (Å²) >= 11 is 0. The summed E-state index contributed by atoms with van der Waals surface area (Å²) in [5.41, 5.74) is 4.93. The molecule has 0 bridgehead atoms. The van der Waals surface area contributed by atoms with Crippen molar-refractivity contribution in [2.75, 3.05) is 32.1 Å². The highest BCUT2D eigenvalue weighted by molar-refractivity contribution is 6.06. The SMILES string of the molecule is CCC(C)CCN(C(=O)c1cnc(C)nc1C)c1cccc(CCC(CCN(C)C)c2ccccc2)c1. The average molecular weight is 501 g/mol. The molecule has 0 aliphatic rings. The molecule has 3 rings (SSSR count). The molecule has 0 aliphatic carbocycles. The van der Waals surface area contributed by atoms with E-state index in [0.29, 0.717) is 29.8 Å². The highest BCUT2D eigenvalue weighted by Gasteiger charge is 2.22. The van der Waals surface area contributed by atoms with Gasteiger partial charge in [0.2, 0.25) is 0 Å². The lowest BCUT2D eigenvalue weighted by Gasteiger charge is -2.25. The second-order valence-electron chi connectivity index (χ2n) is 10.6. The molecular weight excluding hydrogens is 456 g/mol. The standard InChI is InChI=1S/C32H44N4O/c1-7-24(2)18-21-36(32(37)31-23-33-26(4)34-25(31)3)30-15-11-12-27(22-30)16-17-29(19-20-35(5)6)28-13-9-8-10-14-28/h8-15,22-24,29H,7,16-21H2,1-6H3. The number of aromatic nitrogens is 2. The summed E-state index contributed by atoms with van der Waals surface area (Å²) in [7, 11) is 4.27. The van der Waals surface area contributed by atoms with Gasteiger partial charge in [-0.1, -0.05) is 62.7 Å². The van der Waals surface area contributed by atoms with E-state index in [-0.39, 0.29) is 5.91 Å². The van der Waals surface area contributed by atoms with E-state index in [1.807, 2.05) is 18.7 Å². The summed E-state index contributed by atoms with van der Waals surface area (Å²) in [6, 6.07) is 19.4. The number of aryl methyl sites for hydroxylation is 3. The second kappa shape index (κ2) is 14.0. The molecule has 1 amide bonds. The van der Waals surface area contributed by atoms with Crippen LogP contribution in [0.1, 0.15) is 78.5 Å². The Morgan fingerprint density at radius 1 is 0.946 bits per heavy atom. The molecule has 3 aromatic rings. The zero-order chi connectivity index (χ0) is 26.8. The van der Waals surface area contributed by atoms with Crippen LogP contribution >= 0.6 is 0 Å². The Labute approximate surface area is 224 Å². The van der Waals surface area contributed by atoms with Gasteiger partial charge in [-0.25, -0.2) is 9.97 Å². The van der Waals surface area contributed by atoms with E-state index in [1.165, 1.54) is 11.1 Å². The first-order valence-corrected chi connectivity index (χ1v) is 13.7. The van der Waals surface area contributed by atoms with Gasteiger partial charge in [-0.2, -0.15) is 0 Å². The third-order valence-electron chi connectivity index (χ3n) is 7.32. The lowest BCUT2D eigenvalue weighted by atomic mass is 9.89. The molecule has 2 atom stereocenters. The van der Waals surface area contributed by atoms with Crippen LogP contribution in [0.2, 0.25) is 0 Å². The molecule has 5 heteroatoms. The number of nitrogens with zero attached hydrogens (tertiary/aromatic N) is 4. The molecule has 0 radical (unpaired) electrons. The van der Waals surface area contributed by atoms with Crippen molar-refractivity contribution in [2.45, 2.75) is 65.7 Å². The number of benzene rings is 2. The van der Waals surface area contributed by atoms with Crippen molar-refractivity contribution in [3.63, 3.8) is 0 Å². The van der Waals surface area contributed by atoms with Gasteiger partial charge in [0.05, 0.1) is 11.3 Å². The van der Waals surface area contributed by atoms with E-state index < -0.39 is 0 Å². The van der Waals surface area contributed by atoms with Crippen LogP contribution < -0.4 is 4.90 Å². The van der Waals surface area contributed by atoms with Crippen LogP contribution in [0.5, 0.6) is 0 Å². The minimum atomic E-state index is -0.0221. The summed E-state index contributed by atoms with van der Waals surface area (Å²) in [6.07, 6.45) is 6.91. The van der Waals surface area contributed by atoms with Crippen molar-refractivity contribution in [3.8, 4) is 0 Å². The number of amides is 1. The van der Waals surface area contributed by atoms with Gasteiger partial charge in [0.1, 0.15) is 5.82 Å². The lowest BCUT2D eigenvalue weighted by molar-refractivity contribution is 0.0984. The van der Waals surface area contributed by atoms with Crippen molar-refractivity contribution in [3.05, 3.63) is 89.0 Å². The maximum absolute atomic E-state index is 13.7. The molecule has 5 nitrogen and oxygen atoms in total. The molecule has 0 fully saturated rings. The van der Waals surface area contributed by atoms with Gasteiger partial charge in [0.25, 0.3) is 5.91 Å². The smallest absolute Gasteiger partial charge is 0.261 e. The van der Waals surface area contributed by atoms with Crippen LogP contribution in [-0.4, -0.2) is 48.0 Å². The average Bonchev–Trinajstić information content (AvgIpc) is 2.89. The number of carbonyl (C=O) groups excluding carboxylic acids is 1. The molecule has 37 heavy (non-hydrogen) atoms. The highest BCUT2D eigenvalue weighted by Crippen LogP contribution is 2.27. The maximum Gasteiger partial charge on any atom is 0.261 e. The molecule has 0 aliphatic heterocycles. The van der Waals surface area contributed by atoms with Gasteiger partial charge >= 0.3 is 0 Å². The Hall–Kier alpha value is -3.05. The van der Waals surface area contributed by atoms with Gasteiger partial charge in [0.15, 0.2) is 0 Å².